The fraction of sp³-hybridized carbons (Fsp3) is 0.238. The van der Waals surface area contributed by atoms with Crippen LogP contribution < -0.4 is 0 Å². The molecule has 0 bridgehead atoms. The van der Waals surface area contributed by atoms with Crippen LogP contribution in [-0.2, 0) is 15.7 Å². The largest absolute Gasteiger partial charge is 0.513 e. The van der Waals surface area contributed by atoms with Crippen molar-refractivity contribution >= 4 is 17.5 Å². The average molecular weight is 389 g/mol. The molecule has 28 heavy (non-hydrogen) atoms. The molecule has 0 saturated carbocycles. The average Bonchev–Trinajstić information content (AvgIpc) is 2.62. The molecule has 0 spiro atoms. The molecule has 0 amide bonds. The molecule has 0 radical (unpaired) electrons. The Morgan fingerprint density at radius 2 is 1.79 bits per heavy atom. The fourth-order valence-electron chi connectivity index (χ4n) is 2.73. The van der Waals surface area contributed by atoms with Crippen LogP contribution in [0.4, 0.5) is 18.0 Å². The van der Waals surface area contributed by atoms with E-state index in [-0.39, 0.29) is 12.2 Å². The van der Waals surface area contributed by atoms with E-state index < -0.39 is 29.2 Å². The minimum Gasteiger partial charge on any atom is -0.434 e. The molecular formula is C21H18F3NO3. The number of halogens is 3. The highest BCUT2D eigenvalue weighted by Gasteiger charge is 2.35. The summed E-state index contributed by atoms with van der Waals surface area (Å²) < 4.78 is 50.4. The molecule has 0 aromatic heterocycles. The number of nitriles is 1. The van der Waals surface area contributed by atoms with Crippen LogP contribution in [0.15, 0.2) is 42.5 Å². The normalized spacial score (nSPS) is 12.0. The van der Waals surface area contributed by atoms with E-state index in [9.17, 15) is 23.2 Å². The molecular weight excluding hydrogens is 371 g/mol. The van der Waals surface area contributed by atoms with Gasteiger partial charge in [-0.05, 0) is 38.0 Å². The van der Waals surface area contributed by atoms with Crippen LogP contribution in [-0.4, -0.2) is 12.8 Å². The van der Waals surface area contributed by atoms with Crippen LogP contribution in [0.2, 0.25) is 0 Å². The van der Waals surface area contributed by atoms with Gasteiger partial charge in [-0.1, -0.05) is 42.0 Å². The zero-order chi connectivity index (χ0) is 20.9. The van der Waals surface area contributed by atoms with E-state index in [1.54, 1.807) is 25.1 Å². The Morgan fingerprint density at radius 1 is 1.11 bits per heavy atom. The van der Waals surface area contributed by atoms with Gasteiger partial charge in [0.05, 0.1) is 12.2 Å². The van der Waals surface area contributed by atoms with E-state index in [0.717, 1.165) is 17.7 Å². The van der Waals surface area contributed by atoms with Crippen LogP contribution in [0.3, 0.4) is 0 Å². The number of benzene rings is 2. The quantitative estimate of drug-likeness (QED) is 0.283. The molecule has 0 heterocycles. The SMILES string of the molecule is CCOC(=O)OC(=C(C#N)c1ccc(C)cc1C)c1ccccc1C(F)(F)F. The number of rotatable bonds is 4. The first kappa shape index (κ1) is 21.0. The van der Waals surface area contributed by atoms with Crippen molar-refractivity contribution in [3.8, 4) is 6.07 Å². The lowest BCUT2D eigenvalue weighted by atomic mass is 9.94. The Kier molecular flexibility index (Phi) is 6.47. The van der Waals surface area contributed by atoms with E-state index in [1.165, 1.54) is 19.1 Å². The van der Waals surface area contributed by atoms with E-state index in [4.69, 9.17) is 9.47 Å². The lowest BCUT2D eigenvalue weighted by Crippen LogP contribution is -2.13. The van der Waals surface area contributed by atoms with Gasteiger partial charge in [-0.3, -0.25) is 0 Å². The van der Waals surface area contributed by atoms with Crippen molar-refractivity contribution in [2.45, 2.75) is 26.9 Å². The second-order valence-electron chi connectivity index (χ2n) is 5.96. The molecule has 2 aromatic rings. The highest BCUT2D eigenvalue weighted by molar-refractivity contribution is 5.98. The summed E-state index contributed by atoms with van der Waals surface area (Å²) >= 11 is 0. The number of nitrogens with zero attached hydrogens (tertiary/aromatic N) is 1. The maximum Gasteiger partial charge on any atom is 0.513 e. The van der Waals surface area contributed by atoms with E-state index in [0.29, 0.717) is 11.1 Å². The number of hydrogen-bond donors (Lipinski definition) is 0. The monoisotopic (exact) mass is 389 g/mol. The van der Waals surface area contributed by atoms with E-state index in [2.05, 4.69) is 0 Å². The molecule has 7 heteroatoms. The van der Waals surface area contributed by atoms with Crippen LogP contribution in [0.1, 0.15) is 34.7 Å². The third-order valence-corrected chi connectivity index (χ3v) is 3.91. The van der Waals surface area contributed by atoms with Gasteiger partial charge in [-0.2, -0.15) is 18.4 Å². The van der Waals surface area contributed by atoms with Crippen molar-refractivity contribution in [3.63, 3.8) is 0 Å². The molecule has 0 atom stereocenters. The molecule has 0 fully saturated rings. The summed E-state index contributed by atoms with van der Waals surface area (Å²) in [5.74, 6) is -0.499. The number of carbonyl (C=O) groups is 1. The van der Waals surface area contributed by atoms with Crippen molar-refractivity contribution in [3.05, 3.63) is 70.3 Å². The number of allylic oxidation sites excluding steroid dienone is 1. The Morgan fingerprint density at radius 3 is 2.36 bits per heavy atom. The molecule has 2 aromatic carbocycles. The summed E-state index contributed by atoms with van der Waals surface area (Å²) in [5, 5.41) is 9.72. The first-order chi connectivity index (χ1) is 13.2. The van der Waals surface area contributed by atoms with Crippen molar-refractivity contribution in [2.24, 2.45) is 0 Å². The van der Waals surface area contributed by atoms with Gasteiger partial charge in [0.25, 0.3) is 0 Å². The van der Waals surface area contributed by atoms with Crippen molar-refractivity contribution in [1.82, 2.24) is 0 Å². The molecule has 0 N–H and O–H groups in total. The first-order valence-electron chi connectivity index (χ1n) is 8.42. The third kappa shape index (κ3) is 4.71. The highest BCUT2D eigenvalue weighted by atomic mass is 19.4. The Balaban J connectivity index is 2.81. The zero-order valence-corrected chi connectivity index (χ0v) is 15.6. The van der Waals surface area contributed by atoms with Gasteiger partial charge < -0.3 is 9.47 Å². The summed E-state index contributed by atoms with van der Waals surface area (Å²) in [5.41, 5.74) is 0.311. The zero-order valence-electron chi connectivity index (χ0n) is 15.6. The lowest BCUT2D eigenvalue weighted by molar-refractivity contribution is -0.137. The van der Waals surface area contributed by atoms with Gasteiger partial charge in [0.15, 0.2) is 5.76 Å². The molecule has 0 unspecified atom stereocenters. The number of carbonyl (C=O) groups excluding carboxylic acids is 1. The predicted molar refractivity (Wildman–Crippen MR) is 97.9 cm³/mol. The number of ether oxygens (including phenoxy) is 2. The number of aryl methyl sites for hydroxylation is 2. The predicted octanol–water partition coefficient (Wildman–Crippen LogP) is 5.89. The van der Waals surface area contributed by atoms with Crippen LogP contribution in [0.5, 0.6) is 0 Å². The molecule has 0 aliphatic heterocycles. The highest BCUT2D eigenvalue weighted by Crippen LogP contribution is 2.38. The maximum atomic E-state index is 13.5. The summed E-state index contributed by atoms with van der Waals surface area (Å²) in [6, 6.07) is 11.6. The maximum absolute atomic E-state index is 13.5. The van der Waals surface area contributed by atoms with Crippen LogP contribution in [0, 0.1) is 25.2 Å². The fourth-order valence-corrected chi connectivity index (χ4v) is 2.73. The molecule has 0 aliphatic rings. The van der Waals surface area contributed by atoms with Crippen molar-refractivity contribution in [2.75, 3.05) is 6.61 Å². The van der Waals surface area contributed by atoms with Crippen molar-refractivity contribution in [1.29, 1.82) is 5.26 Å². The Hall–Kier alpha value is -3.27. The summed E-state index contributed by atoms with van der Waals surface area (Å²) in [4.78, 5) is 11.9. The summed E-state index contributed by atoms with van der Waals surface area (Å²) in [6.07, 6.45) is -5.89. The van der Waals surface area contributed by atoms with Gasteiger partial charge in [0, 0.05) is 5.56 Å². The minimum absolute atomic E-state index is 0.0293. The molecule has 2 rings (SSSR count). The third-order valence-electron chi connectivity index (χ3n) is 3.91. The summed E-state index contributed by atoms with van der Waals surface area (Å²) in [6.45, 7) is 5.07. The van der Waals surface area contributed by atoms with Gasteiger partial charge in [-0.25, -0.2) is 4.79 Å². The van der Waals surface area contributed by atoms with E-state index >= 15 is 0 Å². The molecule has 0 aliphatic carbocycles. The van der Waals surface area contributed by atoms with E-state index in [1.807, 2.05) is 13.0 Å². The number of alkyl halides is 3. The Labute approximate surface area is 160 Å². The Bertz CT molecular complexity index is 956. The molecule has 0 saturated heterocycles. The molecule has 146 valence electrons. The molecule has 4 nitrogen and oxygen atoms in total. The van der Waals surface area contributed by atoms with Crippen molar-refractivity contribution < 1.29 is 27.4 Å². The van der Waals surface area contributed by atoms with Gasteiger partial charge in [-0.15, -0.1) is 0 Å². The minimum atomic E-state index is -4.71. The smallest absolute Gasteiger partial charge is 0.434 e. The van der Waals surface area contributed by atoms with Crippen LogP contribution in [0.25, 0.3) is 11.3 Å². The number of hydrogen-bond acceptors (Lipinski definition) is 4. The second kappa shape index (κ2) is 8.61. The van der Waals surface area contributed by atoms with Crippen LogP contribution >= 0.6 is 0 Å². The first-order valence-corrected chi connectivity index (χ1v) is 8.42. The van der Waals surface area contributed by atoms with Gasteiger partial charge >= 0.3 is 12.3 Å². The topological polar surface area (TPSA) is 59.3 Å². The summed E-state index contributed by atoms with van der Waals surface area (Å²) in [7, 11) is 0. The standard InChI is InChI=1S/C21H18F3NO3/c1-4-27-20(26)28-19(16-7-5-6-8-18(16)21(22,23)24)17(12-25)15-10-9-13(2)11-14(15)3/h5-11H,4H2,1-3H3. The van der Waals surface area contributed by atoms with Gasteiger partial charge in [0.2, 0.25) is 0 Å². The lowest BCUT2D eigenvalue weighted by Gasteiger charge is -2.17. The second-order valence-corrected chi connectivity index (χ2v) is 5.96. The van der Waals surface area contributed by atoms with Gasteiger partial charge in [0.1, 0.15) is 11.6 Å².